The number of nitroso groups, excluding NO2 is 1. The monoisotopic (exact) mass is 515 g/mol. The number of rotatable bonds is 9. The third kappa shape index (κ3) is 4.28. The molecular weight excluding hydrogens is 482 g/mol. The van der Waals surface area contributed by atoms with Gasteiger partial charge in [-0.2, -0.15) is 0 Å². The summed E-state index contributed by atoms with van der Waals surface area (Å²) in [4.78, 5) is 55.2. The van der Waals surface area contributed by atoms with E-state index in [0.717, 1.165) is 81.6 Å². The molecule has 4 aliphatic rings. The molecule has 0 saturated carbocycles. The third-order valence-corrected chi connectivity index (χ3v) is 8.88. The molecule has 198 valence electrons. The second-order valence-electron chi connectivity index (χ2n) is 11.3. The fourth-order valence-corrected chi connectivity index (χ4v) is 6.85. The molecule has 3 saturated heterocycles. The molecule has 9 nitrogen and oxygen atoms in total. The van der Waals surface area contributed by atoms with Crippen molar-refractivity contribution in [1.29, 1.82) is 0 Å². The van der Waals surface area contributed by atoms with Gasteiger partial charge in [-0.3, -0.25) is 9.69 Å². The molecule has 0 bridgehead atoms. The largest absolute Gasteiger partial charge is 0.371 e. The highest BCUT2D eigenvalue weighted by Crippen LogP contribution is 2.44. The molecule has 3 fully saturated rings. The number of nitrogens with zero attached hydrogens (tertiary/aromatic N) is 5. The Kier molecular flexibility index (Phi) is 6.47. The summed E-state index contributed by atoms with van der Waals surface area (Å²) in [5, 5.41) is 2.98. The van der Waals surface area contributed by atoms with Gasteiger partial charge in [-0.05, 0) is 60.8 Å². The standard InChI is InChI=1S/C29H33N5O4/c35-14-2-3-24(16-36)34-15-26-25(28(34)37)4-1-5-27(26)31-12-10-23(11-13-31)33-19-29(20-33)17-32(18-29)22-8-6-21(30-38)7-9-22/h1,4-9,14,16,23-24H,2-3,10-13,15,17-20H2. The number of likely N-dealkylation sites (tertiary alicyclic amines) is 1. The van der Waals surface area contributed by atoms with Crippen LogP contribution in [0.25, 0.3) is 0 Å². The van der Waals surface area contributed by atoms with Gasteiger partial charge in [0.2, 0.25) is 0 Å². The van der Waals surface area contributed by atoms with Crippen LogP contribution in [0.2, 0.25) is 0 Å². The van der Waals surface area contributed by atoms with Crippen molar-refractivity contribution in [3.05, 3.63) is 58.5 Å². The van der Waals surface area contributed by atoms with Gasteiger partial charge in [0.15, 0.2) is 0 Å². The molecule has 1 spiro atoms. The SMILES string of the molecule is O=CCCC(C=O)N1Cc2c(cccc2N2CCC(N3CC4(CN(c5ccc(N=O)cc5)C4)C3)CC2)C1=O. The van der Waals surface area contributed by atoms with Crippen molar-refractivity contribution >= 4 is 35.5 Å². The third-order valence-electron chi connectivity index (χ3n) is 8.88. The molecule has 2 aromatic carbocycles. The molecule has 0 aromatic heterocycles. The maximum absolute atomic E-state index is 13.1. The Balaban J connectivity index is 1.03. The van der Waals surface area contributed by atoms with E-state index < -0.39 is 6.04 Å². The number of hydrogen-bond acceptors (Lipinski definition) is 8. The van der Waals surface area contributed by atoms with Gasteiger partial charge in [-0.25, -0.2) is 0 Å². The van der Waals surface area contributed by atoms with Crippen molar-refractivity contribution in [1.82, 2.24) is 9.80 Å². The van der Waals surface area contributed by atoms with Crippen LogP contribution >= 0.6 is 0 Å². The van der Waals surface area contributed by atoms with E-state index in [1.807, 2.05) is 24.3 Å². The molecule has 1 amide bonds. The first-order chi connectivity index (χ1) is 18.5. The van der Waals surface area contributed by atoms with Crippen LogP contribution in [0.1, 0.15) is 41.6 Å². The molecule has 0 aliphatic carbocycles. The zero-order chi connectivity index (χ0) is 26.3. The number of hydrogen-bond donors (Lipinski definition) is 0. The topological polar surface area (TPSA) is 93.6 Å². The lowest BCUT2D eigenvalue weighted by Crippen LogP contribution is -2.74. The minimum Gasteiger partial charge on any atom is -0.371 e. The maximum Gasteiger partial charge on any atom is 0.255 e. The number of carbonyl (C=O) groups is 3. The van der Waals surface area contributed by atoms with Crippen LogP contribution in [0, 0.1) is 10.3 Å². The predicted molar refractivity (Wildman–Crippen MR) is 145 cm³/mol. The minimum atomic E-state index is -0.562. The van der Waals surface area contributed by atoms with Crippen LogP contribution in [0.4, 0.5) is 17.1 Å². The summed E-state index contributed by atoms with van der Waals surface area (Å²) in [6.45, 7) is 6.72. The molecule has 38 heavy (non-hydrogen) atoms. The van der Waals surface area contributed by atoms with Gasteiger partial charge in [0, 0.05) is 86.2 Å². The predicted octanol–water partition coefficient (Wildman–Crippen LogP) is 3.38. The molecular formula is C29H33N5O4. The fraction of sp³-hybridized carbons (Fsp3) is 0.483. The van der Waals surface area contributed by atoms with Crippen LogP contribution in [0.3, 0.4) is 0 Å². The lowest BCUT2D eigenvalue weighted by molar-refractivity contribution is -0.112. The maximum atomic E-state index is 13.1. The van der Waals surface area contributed by atoms with Crippen LogP contribution in [0.15, 0.2) is 47.6 Å². The highest BCUT2D eigenvalue weighted by atomic mass is 16.3. The molecule has 9 heteroatoms. The van der Waals surface area contributed by atoms with E-state index in [-0.39, 0.29) is 12.3 Å². The van der Waals surface area contributed by atoms with Gasteiger partial charge in [0.1, 0.15) is 18.3 Å². The zero-order valence-electron chi connectivity index (χ0n) is 21.5. The van der Waals surface area contributed by atoms with Crippen molar-refractivity contribution in [2.24, 2.45) is 10.6 Å². The van der Waals surface area contributed by atoms with Crippen LogP contribution < -0.4 is 9.80 Å². The first kappa shape index (κ1) is 24.7. The van der Waals surface area contributed by atoms with Crippen molar-refractivity contribution < 1.29 is 14.4 Å². The van der Waals surface area contributed by atoms with Crippen LogP contribution in [-0.4, -0.2) is 79.6 Å². The summed E-state index contributed by atoms with van der Waals surface area (Å²) < 4.78 is 0. The number of fused-ring (bicyclic) bond motifs is 1. The highest BCUT2D eigenvalue weighted by molar-refractivity contribution is 6.01. The Bertz CT molecular complexity index is 1230. The molecule has 2 aromatic rings. The average Bonchev–Trinajstić information content (AvgIpc) is 3.24. The molecule has 0 radical (unpaired) electrons. The van der Waals surface area contributed by atoms with Gasteiger partial charge < -0.3 is 24.3 Å². The van der Waals surface area contributed by atoms with Crippen LogP contribution in [-0.2, 0) is 16.1 Å². The van der Waals surface area contributed by atoms with Gasteiger partial charge in [-0.15, -0.1) is 4.91 Å². The van der Waals surface area contributed by atoms with Crippen molar-refractivity contribution in [3.63, 3.8) is 0 Å². The minimum absolute atomic E-state index is 0.114. The molecule has 1 unspecified atom stereocenters. The van der Waals surface area contributed by atoms with Gasteiger partial charge >= 0.3 is 0 Å². The molecule has 6 rings (SSSR count). The number of amides is 1. The number of benzene rings is 2. The Hall–Kier alpha value is -3.59. The van der Waals surface area contributed by atoms with E-state index in [2.05, 4.69) is 25.9 Å². The highest BCUT2D eigenvalue weighted by Gasteiger charge is 2.53. The van der Waals surface area contributed by atoms with E-state index in [1.54, 1.807) is 17.0 Å². The summed E-state index contributed by atoms with van der Waals surface area (Å²) in [6, 6.07) is 13.4. The zero-order valence-corrected chi connectivity index (χ0v) is 21.5. The van der Waals surface area contributed by atoms with Gasteiger partial charge in [0.05, 0.1) is 6.04 Å². The number of anilines is 2. The van der Waals surface area contributed by atoms with Gasteiger partial charge in [0.25, 0.3) is 5.91 Å². The van der Waals surface area contributed by atoms with Gasteiger partial charge in [-0.1, -0.05) is 6.07 Å². The molecule has 1 atom stereocenters. The second-order valence-corrected chi connectivity index (χ2v) is 11.3. The fourth-order valence-electron chi connectivity index (χ4n) is 6.85. The first-order valence-corrected chi connectivity index (χ1v) is 13.5. The lowest BCUT2D eigenvalue weighted by Gasteiger charge is -2.63. The average molecular weight is 516 g/mol. The van der Waals surface area contributed by atoms with E-state index in [0.29, 0.717) is 35.7 Å². The second kappa shape index (κ2) is 9.94. The Morgan fingerprint density at radius 3 is 2.37 bits per heavy atom. The number of aldehydes is 2. The van der Waals surface area contributed by atoms with E-state index in [1.165, 1.54) is 0 Å². The Labute approximate surface area is 222 Å². The van der Waals surface area contributed by atoms with Crippen molar-refractivity contribution in [2.45, 2.75) is 44.3 Å². The molecule has 4 heterocycles. The normalized spacial score (nSPS) is 21.6. The summed E-state index contributed by atoms with van der Waals surface area (Å²) in [5.74, 6) is -0.114. The Morgan fingerprint density at radius 1 is 0.974 bits per heavy atom. The molecule has 0 N–H and O–H groups in total. The number of piperidine rings is 1. The van der Waals surface area contributed by atoms with E-state index in [9.17, 15) is 19.3 Å². The summed E-state index contributed by atoms with van der Waals surface area (Å²) in [7, 11) is 0. The summed E-state index contributed by atoms with van der Waals surface area (Å²) in [5.41, 5.74) is 4.80. The van der Waals surface area contributed by atoms with Crippen LogP contribution in [0.5, 0.6) is 0 Å². The number of carbonyl (C=O) groups excluding carboxylic acids is 3. The lowest BCUT2D eigenvalue weighted by atomic mass is 9.71. The summed E-state index contributed by atoms with van der Waals surface area (Å²) >= 11 is 0. The van der Waals surface area contributed by atoms with E-state index >= 15 is 0 Å². The summed E-state index contributed by atoms with van der Waals surface area (Å²) in [6.07, 6.45) is 4.42. The molecule has 4 aliphatic heterocycles. The quantitative estimate of drug-likeness (QED) is 0.373. The van der Waals surface area contributed by atoms with E-state index in [4.69, 9.17) is 0 Å². The smallest absolute Gasteiger partial charge is 0.255 e. The Morgan fingerprint density at radius 2 is 1.71 bits per heavy atom. The van der Waals surface area contributed by atoms with Crippen molar-refractivity contribution in [2.75, 3.05) is 49.1 Å². The van der Waals surface area contributed by atoms with Crippen molar-refractivity contribution in [3.8, 4) is 0 Å². The first-order valence-electron chi connectivity index (χ1n) is 13.5.